The van der Waals surface area contributed by atoms with Crippen LogP contribution in [-0.2, 0) is 11.3 Å². The summed E-state index contributed by atoms with van der Waals surface area (Å²) < 4.78 is 10.9. The standard InChI is InChI=1S/C16H21N5O4/c1-3-7-20(11(2)15(22)21-8-6-17-16(21)23)10-13-18-19-14(25-13)12-5-4-9-24-12/h4-5,9,11H,3,6-8,10H2,1-2H3,(H,17,23)/p+1/t11-/m1/s1. The van der Waals surface area contributed by atoms with E-state index in [4.69, 9.17) is 8.83 Å². The molecular weight excluding hydrogens is 326 g/mol. The molecule has 0 spiro atoms. The first-order valence-corrected chi connectivity index (χ1v) is 8.40. The van der Waals surface area contributed by atoms with Gasteiger partial charge in [-0.15, -0.1) is 10.2 Å². The molecule has 1 saturated heterocycles. The lowest BCUT2D eigenvalue weighted by Crippen LogP contribution is -3.15. The van der Waals surface area contributed by atoms with Crippen LogP contribution in [0.5, 0.6) is 0 Å². The third kappa shape index (κ3) is 3.71. The maximum Gasteiger partial charge on any atom is 0.324 e. The molecule has 1 aliphatic heterocycles. The highest BCUT2D eigenvalue weighted by molar-refractivity contribution is 5.97. The number of carbonyl (C=O) groups excluding carboxylic acids is 2. The summed E-state index contributed by atoms with van der Waals surface area (Å²) in [5, 5.41) is 10.7. The Kier molecular flexibility index (Phi) is 5.13. The normalized spacial score (nSPS) is 16.7. The molecule has 0 bridgehead atoms. The van der Waals surface area contributed by atoms with Crippen molar-refractivity contribution >= 4 is 11.9 Å². The fraction of sp³-hybridized carbons (Fsp3) is 0.500. The fourth-order valence-electron chi connectivity index (χ4n) is 2.89. The minimum absolute atomic E-state index is 0.191. The number of furan rings is 1. The molecule has 9 nitrogen and oxygen atoms in total. The van der Waals surface area contributed by atoms with Crippen LogP contribution in [0.2, 0.25) is 0 Å². The minimum Gasteiger partial charge on any atom is -0.459 e. The summed E-state index contributed by atoms with van der Waals surface area (Å²) in [7, 11) is 0. The number of carbonyl (C=O) groups is 2. The maximum absolute atomic E-state index is 12.6. The van der Waals surface area contributed by atoms with Crippen molar-refractivity contribution in [3.8, 4) is 11.7 Å². The van der Waals surface area contributed by atoms with Gasteiger partial charge in [-0.1, -0.05) is 6.92 Å². The number of nitrogens with zero attached hydrogens (tertiary/aromatic N) is 3. The van der Waals surface area contributed by atoms with Crippen LogP contribution in [0.3, 0.4) is 0 Å². The highest BCUT2D eigenvalue weighted by Gasteiger charge is 2.35. The number of nitrogens with one attached hydrogen (secondary N) is 2. The SMILES string of the molecule is CCC[NH+](Cc1nnc(-c2ccco2)o1)[C@H](C)C(=O)N1CCNC1=O. The zero-order chi connectivity index (χ0) is 17.8. The number of rotatable bonds is 7. The van der Waals surface area contributed by atoms with Gasteiger partial charge in [0.15, 0.2) is 18.3 Å². The van der Waals surface area contributed by atoms with Gasteiger partial charge in [0.25, 0.3) is 17.7 Å². The average Bonchev–Trinajstić information content (AvgIpc) is 3.34. The molecule has 3 amide bonds. The minimum atomic E-state index is -0.386. The molecule has 2 atom stereocenters. The van der Waals surface area contributed by atoms with Gasteiger partial charge < -0.3 is 19.1 Å². The predicted octanol–water partition coefficient (Wildman–Crippen LogP) is 0.0648. The fourth-order valence-corrected chi connectivity index (χ4v) is 2.89. The Morgan fingerprint density at radius 3 is 2.96 bits per heavy atom. The molecule has 0 aliphatic carbocycles. The molecule has 3 heterocycles. The number of quaternary nitrogens is 1. The number of urea groups is 1. The Labute approximate surface area is 145 Å². The largest absolute Gasteiger partial charge is 0.459 e. The van der Waals surface area contributed by atoms with E-state index in [-0.39, 0.29) is 18.0 Å². The molecule has 2 N–H and O–H groups in total. The van der Waals surface area contributed by atoms with Gasteiger partial charge in [-0.25, -0.2) is 4.79 Å². The monoisotopic (exact) mass is 348 g/mol. The van der Waals surface area contributed by atoms with E-state index in [1.165, 1.54) is 11.2 Å². The van der Waals surface area contributed by atoms with Crippen LogP contribution in [0.4, 0.5) is 4.79 Å². The maximum atomic E-state index is 12.6. The summed E-state index contributed by atoms with van der Waals surface area (Å²) in [6, 6.07) is 2.77. The Hall–Kier alpha value is -2.68. The molecule has 3 rings (SSSR count). The van der Waals surface area contributed by atoms with Crippen LogP contribution in [0.25, 0.3) is 11.7 Å². The summed E-state index contributed by atoms with van der Waals surface area (Å²) in [4.78, 5) is 26.6. The van der Waals surface area contributed by atoms with Crippen LogP contribution >= 0.6 is 0 Å². The van der Waals surface area contributed by atoms with Crippen molar-refractivity contribution in [2.75, 3.05) is 19.6 Å². The average molecular weight is 348 g/mol. The number of amides is 3. The lowest BCUT2D eigenvalue weighted by molar-refractivity contribution is -0.929. The highest BCUT2D eigenvalue weighted by Crippen LogP contribution is 2.17. The van der Waals surface area contributed by atoms with E-state index in [9.17, 15) is 9.59 Å². The first kappa shape index (κ1) is 17.2. The molecule has 2 aromatic rings. The second-order valence-electron chi connectivity index (χ2n) is 6.01. The Morgan fingerprint density at radius 1 is 1.48 bits per heavy atom. The van der Waals surface area contributed by atoms with Crippen LogP contribution in [0.15, 0.2) is 27.2 Å². The van der Waals surface area contributed by atoms with E-state index >= 15 is 0 Å². The van der Waals surface area contributed by atoms with Crippen molar-refractivity contribution in [3.05, 3.63) is 24.3 Å². The molecule has 1 fully saturated rings. The van der Waals surface area contributed by atoms with Crippen molar-refractivity contribution in [3.63, 3.8) is 0 Å². The lowest BCUT2D eigenvalue weighted by Gasteiger charge is -2.25. The topological polar surface area (TPSA) is 106 Å². The van der Waals surface area contributed by atoms with E-state index in [1.54, 1.807) is 12.1 Å². The summed E-state index contributed by atoms with van der Waals surface area (Å²) in [6.07, 6.45) is 2.42. The number of hydrogen-bond donors (Lipinski definition) is 2. The Bertz CT molecular complexity index is 727. The summed E-state index contributed by atoms with van der Waals surface area (Å²) in [5.74, 6) is 1.06. The molecule has 1 unspecified atom stereocenters. The van der Waals surface area contributed by atoms with E-state index < -0.39 is 0 Å². The molecule has 134 valence electrons. The first-order valence-electron chi connectivity index (χ1n) is 8.40. The summed E-state index contributed by atoms with van der Waals surface area (Å²) in [5.41, 5.74) is 0. The van der Waals surface area contributed by atoms with Gasteiger partial charge >= 0.3 is 6.03 Å². The Balaban J connectivity index is 1.70. The number of imide groups is 1. The first-order chi connectivity index (χ1) is 12.1. The van der Waals surface area contributed by atoms with Crippen molar-refractivity contribution in [1.82, 2.24) is 20.4 Å². The zero-order valence-electron chi connectivity index (χ0n) is 14.3. The van der Waals surface area contributed by atoms with Gasteiger partial charge in [0, 0.05) is 13.1 Å². The zero-order valence-corrected chi connectivity index (χ0v) is 14.3. The molecule has 0 saturated carbocycles. The smallest absolute Gasteiger partial charge is 0.324 e. The van der Waals surface area contributed by atoms with E-state index in [1.807, 2.05) is 13.8 Å². The van der Waals surface area contributed by atoms with Crippen molar-refractivity contribution in [2.24, 2.45) is 0 Å². The lowest BCUT2D eigenvalue weighted by atomic mass is 10.2. The van der Waals surface area contributed by atoms with Crippen LogP contribution in [-0.4, -0.2) is 52.7 Å². The molecule has 0 aromatic carbocycles. The second-order valence-corrected chi connectivity index (χ2v) is 6.01. The summed E-state index contributed by atoms with van der Waals surface area (Å²) in [6.45, 7) is 5.93. The summed E-state index contributed by atoms with van der Waals surface area (Å²) >= 11 is 0. The quantitative estimate of drug-likeness (QED) is 0.733. The highest BCUT2D eigenvalue weighted by atomic mass is 16.4. The third-order valence-electron chi connectivity index (χ3n) is 4.25. The molecular formula is C16H22N5O4+. The van der Waals surface area contributed by atoms with Crippen LogP contribution in [0.1, 0.15) is 26.2 Å². The molecule has 25 heavy (non-hydrogen) atoms. The van der Waals surface area contributed by atoms with Gasteiger partial charge in [0.2, 0.25) is 0 Å². The molecule has 1 aliphatic rings. The predicted molar refractivity (Wildman–Crippen MR) is 86.4 cm³/mol. The van der Waals surface area contributed by atoms with Crippen molar-refractivity contribution in [1.29, 1.82) is 0 Å². The van der Waals surface area contributed by atoms with Crippen LogP contribution in [0, 0.1) is 0 Å². The van der Waals surface area contributed by atoms with Crippen molar-refractivity contribution in [2.45, 2.75) is 32.9 Å². The third-order valence-corrected chi connectivity index (χ3v) is 4.25. The number of hydrogen-bond acceptors (Lipinski definition) is 6. The van der Waals surface area contributed by atoms with Crippen LogP contribution < -0.4 is 10.2 Å². The van der Waals surface area contributed by atoms with E-state index in [0.29, 0.717) is 37.2 Å². The van der Waals surface area contributed by atoms with Crippen molar-refractivity contribution < 1.29 is 23.3 Å². The molecule has 2 aromatic heterocycles. The molecule has 9 heteroatoms. The molecule has 0 radical (unpaired) electrons. The second kappa shape index (κ2) is 7.47. The van der Waals surface area contributed by atoms with E-state index in [0.717, 1.165) is 17.9 Å². The van der Waals surface area contributed by atoms with Gasteiger partial charge in [-0.05, 0) is 25.5 Å². The van der Waals surface area contributed by atoms with Gasteiger partial charge in [-0.3, -0.25) is 9.69 Å². The van der Waals surface area contributed by atoms with Gasteiger partial charge in [0.05, 0.1) is 12.8 Å². The Morgan fingerprint density at radius 2 is 2.32 bits per heavy atom. The van der Waals surface area contributed by atoms with Gasteiger partial charge in [0.1, 0.15) is 0 Å². The van der Waals surface area contributed by atoms with Gasteiger partial charge in [-0.2, -0.15) is 0 Å². The number of aromatic nitrogens is 2. The van der Waals surface area contributed by atoms with E-state index in [2.05, 4.69) is 15.5 Å².